The van der Waals surface area contributed by atoms with Gasteiger partial charge in [-0.05, 0) is 30.2 Å². The second kappa shape index (κ2) is 6.29. The number of rotatable bonds is 5. The van der Waals surface area contributed by atoms with E-state index in [0.717, 1.165) is 24.5 Å². The average molecular weight is 331 g/mol. The average Bonchev–Trinajstić information content (AvgIpc) is 3.00. The van der Waals surface area contributed by atoms with E-state index >= 15 is 0 Å². The Hall–Kier alpha value is -1.92. The Labute approximate surface area is 137 Å². The third kappa shape index (κ3) is 2.84. The van der Waals surface area contributed by atoms with E-state index in [1.807, 2.05) is 26.0 Å². The van der Waals surface area contributed by atoms with Gasteiger partial charge in [0.1, 0.15) is 10.7 Å². The molecule has 6 heteroatoms. The van der Waals surface area contributed by atoms with Gasteiger partial charge in [0.2, 0.25) is 10.0 Å². The summed E-state index contributed by atoms with van der Waals surface area (Å²) in [5, 5.41) is 0. The van der Waals surface area contributed by atoms with Crippen LogP contribution in [0.25, 0.3) is 0 Å². The number of nitrogens with zero attached hydrogens (tertiary/aromatic N) is 3. The first kappa shape index (κ1) is 16.0. The van der Waals surface area contributed by atoms with Crippen LogP contribution in [0.2, 0.25) is 0 Å². The summed E-state index contributed by atoms with van der Waals surface area (Å²) in [6.07, 6.45) is 2.45. The molecule has 1 aromatic heterocycles. The molecule has 23 heavy (non-hydrogen) atoms. The zero-order valence-corrected chi connectivity index (χ0v) is 14.3. The summed E-state index contributed by atoms with van der Waals surface area (Å²) >= 11 is 0. The molecule has 1 aromatic carbocycles. The lowest BCUT2D eigenvalue weighted by atomic mass is 10.2. The summed E-state index contributed by atoms with van der Waals surface area (Å²) in [7, 11) is -3.45. The molecule has 1 aliphatic heterocycles. The third-order valence-electron chi connectivity index (χ3n) is 4.23. The van der Waals surface area contributed by atoms with Crippen molar-refractivity contribution in [3.63, 3.8) is 0 Å². The number of anilines is 2. The lowest BCUT2D eigenvalue weighted by Crippen LogP contribution is -2.30. The maximum Gasteiger partial charge on any atom is 0.244 e. The number of sulfonamides is 1. The fourth-order valence-corrected chi connectivity index (χ4v) is 4.38. The fraction of sp³-hybridized carbons (Fsp3) is 0.353. The van der Waals surface area contributed by atoms with Crippen LogP contribution in [0.1, 0.15) is 19.4 Å². The van der Waals surface area contributed by atoms with Gasteiger partial charge in [-0.1, -0.05) is 32.0 Å². The molecule has 2 heterocycles. The van der Waals surface area contributed by atoms with Gasteiger partial charge >= 0.3 is 0 Å². The number of hydrogen-bond donors (Lipinski definition) is 0. The van der Waals surface area contributed by atoms with E-state index in [1.165, 1.54) is 16.1 Å². The van der Waals surface area contributed by atoms with Crippen molar-refractivity contribution in [1.82, 2.24) is 9.29 Å². The third-order valence-corrected chi connectivity index (χ3v) is 6.26. The lowest BCUT2D eigenvalue weighted by Gasteiger charge is -2.20. The van der Waals surface area contributed by atoms with Gasteiger partial charge < -0.3 is 4.90 Å². The molecule has 0 saturated heterocycles. The van der Waals surface area contributed by atoms with Crippen LogP contribution in [-0.2, 0) is 16.4 Å². The summed E-state index contributed by atoms with van der Waals surface area (Å²) in [6, 6.07) is 11.7. The molecule has 3 rings (SSSR count). The van der Waals surface area contributed by atoms with Crippen molar-refractivity contribution in [2.45, 2.75) is 25.2 Å². The largest absolute Gasteiger partial charge is 0.326 e. The number of para-hydroxylation sites is 1. The Balaban J connectivity index is 1.89. The fourth-order valence-electron chi connectivity index (χ4n) is 2.97. The van der Waals surface area contributed by atoms with Crippen molar-refractivity contribution < 1.29 is 8.42 Å². The predicted octanol–water partition coefficient (Wildman–Crippen LogP) is 2.81. The molecule has 122 valence electrons. The summed E-state index contributed by atoms with van der Waals surface area (Å²) in [6.45, 7) is 5.46. The van der Waals surface area contributed by atoms with E-state index in [9.17, 15) is 8.42 Å². The SMILES string of the molecule is CCN(CC)S(=O)(=O)c1ccc(N2CCc3ccccc32)nc1. The lowest BCUT2D eigenvalue weighted by molar-refractivity contribution is 0.445. The van der Waals surface area contributed by atoms with Crippen LogP contribution in [0, 0.1) is 0 Å². The van der Waals surface area contributed by atoms with Gasteiger partial charge in [-0.15, -0.1) is 0 Å². The molecule has 0 aliphatic carbocycles. The van der Waals surface area contributed by atoms with Crippen molar-refractivity contribution >= 4 is 21.5 Å². The molecule has 0 saturated carbocycles. The van der Waals surface area contributed by atoms with Gasteiger partial charge in [0.15, 0.2) is 0 Å². The molecular formula is C17H21N3O2S. The highest BCUT2D eigenvalue weighted by atomic mass is 32.2. The minimum absolute atomic E-state index is 0.248. The van der Waals surface area contributed by atoms with Crippen LogP contribution in [0.3, 0.4) is 0 Å². The number of fused-ring (bicyclic) bond motifs is 1. The molecule has 0 amide bonds. The second-order valence-corrected chi connectivity index (χ2v) is 7.41. The Bertz CT molecular complexity index is 784. The standard InChI is InChI=1S/C17H21N3O2S/c1-3-19(4-2)23(21,22)15-9-10-17(18-13-15)20-12-11-14-7-5-6-8-16(14)20/h5-10,13H,3-4,11-12H2,1-2H3. The number of pyridine rings is 1. The highest BCUT2D eigenvalue weighted by Gasteiger charge is 2.24. The van der Waals surface area contributed by atoms with E-state index in [4.69, 9.17) is 0 Å². The summed E-state index contributed by atoms with van der Waals surface area (Å²) in [4.78, 5) is 6.77. The van der Waals surface area contributed by atoms with Gasteiger partial charge in [-0.3, -0.25) is 0 Å². The molecule has 0 bridgehead atoms. The molecule has 0 N–H and O–H groups in total. The first-order valence-corrected chi connectivity index (χ1v) is 9.33. The van der Waals surface area contributed by atoms with Crippen LogP contribution in [-0.4, -0.2) is 37.3 Å². The van der Waals surface area contributed by atoms with Crippen LogP contribution in [0.5, 0.6) is 0 Å². The Kier molecular flexibility index (Phi) is 4.37. The number of aromatic nitrogens is 1. The molecule has 1 aliphatic rings. The smallest absolute Gasteiger partial charge is 0.244 e. The highest BCUT2D eigenvalue weighted by Crippen LogP contribution is 2.33. The summed E-state index contributed by atoms with van der Waals surface area (Å²) < 4.78 is 26.4. The highest BCUT2D eigenvalue weighted by molar-refractivity contribution is 7.89. The zero-order chi connectivity index (χ0) is 16.4. The van der Waals surface area contributed by atoms with Gasteiger partial charge in [-0.2, -0.15) is 4.31 Å². The van der Waals surface area contributed by atoms with Crippen molar-refractivity contribution in [1.29, 1.82) is 0 Å². The topological polar surface area (TPSA) is 53.5 Å². The molecule has 5 nitrogen and oxygen atoms in total. The maximum atomic E-state index is 12.5. The minimum Gasteiger partial charge on any atom is -0.326 e. The molecule has 0 atom stereocenters. The predicted molar refractivity (Wildman–Crippen MR) is 91.5 cm³/mol. The molecule has 0 unspecified atom stereocenters. The quantitative estimate of drug-likeness (QED) is 0.845. The van der Waals surface area contributed by atoms with Crippen LogP contribution in [0.15, 0.2) is 47.5 Å². The van der Waals surface area contributed by atoms with Crippen LogP contribution < -0.4 is 4.90 Å². The Morgan fingerprint density at radius 1 is 1.13 bits per heavy atom. The first-order chi connectivity index (χ1) is 11.1. The molecular weight excluding hydrogens is 310 g/mol. The van der Waals surface area contributed by atoms with Crippen molar-refractivity contribution in [3.8, 4) is 0 Å². The number of benzene rings is 1. The van der Waals surface area contributed by atoms with E-state index < -0.39 is 10.0 Å². The summed E-state index contributed by atoms with van der Waals surface area (Å²) in [5.41, 5.74) is 2.45. The van der Waals surface area contributed by atoms with Crippen LogP contribution in [0.4, 0.5) is 11.5 Å². The van der Waals surface area contributed by atoms with Gasteiger partial charge in [0, 0.05) is 31.5 Å². The first-order valence-electron chi connectivity index (χ1n) is 7.89. The molecule has 0 radical (unpaired) electrons. The van der Waals surface area contributed by atoms with E-state index in [-0.39, 0.29) is 4.90 Å². The molecule has 0 spiro atoms. The Morgan fingerprint density at radius 3 is 2.52 bits per heavy atom. The number of hydrogen-bond acceptors (Lipinski definition) is 4. The van der Waals surface area contributed by atoms with Crippen molar-refractivity contribution in [3.05, 3.63) is 48.2 Å². The van der Waals surface area contributed by atoms with E-state index in [1.54, 1.807) is 12.1 Å². The maximum absolute atomic E-state index is 12.5. The zero-order valence-electron chi connectivity index (χ0n) is 13.4. The summed E-state index contributed by atoms with van der Waals surface area (Å²) in [5.74, 6) is 0.786. The molecule has 2 aromatic rings. The normalized spacial score (nSPS) is 14.3. The van der Waals surface area contributed by atoms with Crippen molar-refractivity contribution in [2.75, 3.05) is 24.5 Å². The van der Waals surface area contributed by atoms with E-state index in [0.29, 0.717) is 13.1 Å². The van der Waals surface area contributed by atoms with Gasteiger partial charge in [0.05, 0.1) is 0 Å². The van der Waals surface area contributed by atoms with Gasteiger partial charge in [0.25, 0.3) is 0 Å². The second-order valence-electron chi connectivity index (χ2n) is 5.47. The van der Waals surface area contributed by atoms with Crippen LogP contribution >= 0.6 is 0 Å². The van der Waals surface area contributed by atoms with Crippen molar-refractivity contribution in [2.24, 2.45) is 0 Å². The monoisotopic (exact) mass is 331 g/mol. The Morgan fingerprint density at radius 2 is 1.87 bits per heavy atom. The molecule has 0 fully saturated rings. The van der Waals surface area contributed by atoms with Gasteiger partial charge in [-0.25, -0.2) is 13.4 Å². The van der Waals surface area contributed by atoms with E-state index in [2.05, 4.69) is 22.0 Å². The minimum atomic E-state index is -3.45.